The summed E-state index contributed by atoms with van der Waals surface area (Å²) in [4.78, 5) is 3.59. The van der Waals surface area contributed by atoms with Crippen LogP contribution in [-0.2, 0) is 6.42 Å². The number of nitrogens with two attached hydrogens (primary N) is 1. The van der Waals surface area contributed by atoms with Crippen molar-refractivity contribution in [1.82, 2.24) is 15.7 Å². The van der Waals surface area contributed by atoms with Crippen LogP contribution in [0.3, 0.4) is 0 Å². The zero-order valence-electron chi connectivity index (χ0n) is 13.8. The molecule has 0 fully saturated rings. The van der Waals surface area contributed by atoms with Gasteiger partial charge < -0.3 is 15.7 Å². The van der Waals surface area contributed by atoms with E-state index in [4.69, 9.17) is 5.84 Å². The Morgan fingerprint density at radius 3 is 2.92 bits per heavy atom. The molecule has 0 radical (unpaired) electrons. The summed E-state index contributed by atoms with van der Waals surface area (Å²) in [6.45, 7) is 4.33. The molecule has 0 bridgehead atoms. The molecule has 6 heteroatoms. The highest BCUT2D eigenvalue weighted by Gasteiger charge is 2.25. The summed E-state index contributed by atoms with van der Waals surface area (Å²) in [5, 5.41) is 12.4. The molecule has 126 valence electrons. The van der Waals surface area contributed by atoms with Gasteiger partial charge in [0, 0.05) is 35.4 Å². The highest BCUT2D eigenvalue weighted by Crippen LogP contribution is 2.33. The number of nitrogens with one attached hydrogen (secondary N) is 3. The molecule has 0 saturated heterocycles. The van der Waals surface area contributed by atoms with Gasteiger partial charge in [0.15, 0.2) is 5.84 Å². The van der Waals surface area contributed by atoms with Crippen molar-refractivity contribution in [2.75, 3.05) is 6.54 Å². The number of H-pyrrole nitrogens is 1. The molecule has 4 rings (SSSR count). The average molecular weight is 332 g/mol. The molecular formula is C19H20N6. The summed E-state index contributed by atoms with van der Waals surface area (Å²) in [5.41, 5.74) is 8.40. The van der Waals surface area contributed by atoms with E-state index >= 15 is 0 Å². The van der Waals surface area contributed by atoms with Crippen molar-refractivity contribution in [3.63, 3.8) is 0 Å². The molecule has 1 atom stereocenters. The van der Waals surface area contributed by atoms with E-state index in [1.165, 1.54) is 22.2 Å². The fraction of sp³-hybridized carbons (Fsp3) is 0.158. The molecule has 2 aromatic carbocycles. The van der Waals surface area contributed by atoms with Gasteiger partial charge in [-0.2, -0.15) is 5.10 Å². The lowest BCUT2D eigenvalue weighted by atomic mass is 9.93. The SMILES string of the molecule is C=N/N=C(\NN)c1cccc(C2NCCc3c2[nH]c2ccccc32)c1. The number of aromatic amines is 1. The lowest BCUT2D eigenvalue weighted by Gasteiger charge is -2.25. The van der Waals surface area contributed by atoms with Crippen LogP contribution in [0.4, 0.5) is 0 Å². The van der Waals surface area contributed by atoms with E-state index in [-0.39, 0.29) is 6.04 Å². The van der Waals surface area contributed by atoms with E-state index in [1.807, 2.05) is 12.1 Å². The molecule has 2 heterocycles. The van der Waals surface area contributed by atoms with Crippen LogP contribution in [0.25, 0.3) is 10.9 Å². The van der Waals surface area contributed by atoms with E-state index in [9.17, 15) is 0 Å². The molecule has 1 aromatic heterocycles. The first-order valence-corrected chi connectivity index (χ1v) is 8.25. The van der Waals surface area contributed by atoms with E-state index in [0.29, 0.717) is 5.84 Å². The number of rotatable bonds is 3. The Morgan fingerprint density at radius 1 is 1.20 bits per heavy atom. The van der Waals surface area contributed by atoms with Crippen molar-refractivity contribution in [2.24, 2.45) is 16.0 Å². The van der Waals surface area contributed by atoms with Gasteiger partial charge in [-0.05, 0) is 29.7 Å². The van der Waals surface area contributed by atoms with Crippen LogP contribution < -0.4 is 16.6 Å². The molecule has 0 saturated carbocycles. The predicted octanol–water partition coefficient (Wildman–Crippen LogP) is 2.23. The number of para-hydroxylation sites is 1. The third kappa shape index (κ3) is 2.71. The molecule has 1 aliphatic heterocycles. The second-order valence-corrected chi connectivity index (χ2v) is 6.06. The fourth-order valence-corrected chi connectivity index (χ4v) is 3.57. The Bertz CT molecular complexity index is 955. The van der Waals surface area contributed by atoms with E-state index in [2.05, 4.69) is 69.0 Å². The van der Waals surface area contributed by atoms with Gasteiger partial charge in [0.2, 0.25) is 0 Å². The molecule has 6 nitrogen and oxygen atoms in total. The number of fused-ring (bicyclic) bond motifs is 3. The smallest absolute Gasteiger partial charge is 0.169 e. The summed E-state index contributed by atoms with van der Waals surface area (Å²) in [6, 6.07) is 16.7. The van der Waals surface area contributed by atoms with Gasteiger partial charge in [0.05, 0.1) is 6.04 Å². The minimum atomic E-state index is 0.104. The standard InChI is InChI=1S/C19H20N6/c1-21-25-19(24-20)13-6-4-5-12(11-13)17-18-15(9-10-22-17)14-7-2-3-8-16(14)23-18/h2-8,11,17,22-23H,1,9-10,20H2,(H,24,25). The second-order valence-electron chi connectivity index (χ2n) is 6.06. The summed E-state index contributed by atoms with van der Waals surface area (Å²) in [5.74, 6) is 6.05. The van der Waals surface area contributed by atoms with E-state index < -0.39 is 0 Å². The summed E-state index contributed by atoms with van der Waals surface area (Å²) in [7, 11) is 0. The van der Waals surface area contributed by atoms with Crippen LogP contribution in [0, 0.1) is 0 Å². The number of amidine groups is 1. The predicted molar refractivity (Wildman–Crippen MR) is 102 cm³/mol. The number of hydrogen-bond donors (Lipinski definition) is 4. The molecule has 1 unspecified atom stereocenters. The van der Waals surface area contributed by atoms with Crippen LogP contribution in [0.15, 0.2) is 58.7 Å². The summed E-state index contributed by atoms with van der Waals surface area (Å²) >= 11 is 0. The maximum Gasteiger partial charge on any atom is 0.169 e. The van der Waals surface area contributed by atoms with Crippen molar-refractivity contribution in [3.8, 4) is 0 Å². The Kier molecular flexibility index (Phi) is 4.05. The second kappa shape index (κ2) is 6.51. The third-order valence-electron chi connectivity index (χ3n) is 4.66. The van der Waals surface area contributed by atoms with E-state index in [1.54, 1.807) is 0 Å². The van der Waals surface area contributed by atoms with Gasteiger partial charge >= 0.3 is 0 Å². The first-order valence-electron chi connectivity index (χ1n) is 8.25. The minimum Gasteiger partial charge on any atom is -0.357 e. The van der Waals surface area contributed by atoms with Crippen molar-refractivity contribution in [1.29, 1.82) is 0 Å². The van der Waals surface area contributed by atoms with Crippen LogP contribution in [0.1, 0.15) is 28.4 Å². The van der Waals surface area contributed by atoms with Gasteiger partial charge in [0.1, 0.15) is 0 Å². The largest absolute Gasteiger partial charge is 0.357 e. The molecule has 0 aliphatic carbocycles. The molecule has 3 aromatic rings. The zero-order valence-corrected chi connectivity index (χ0v) is 13.8. The molecule has 5 N–H and O–H groups in total. The highest BCUT2D eigenvalue weighted by atomic mass is 15.3. The maximum absolute atomic E-state index is 5.56. The molecule has 1 aliphatic rings. The Morgan fingerprint density at radius 2 is 2.08 bits per heavy atom. The molecule has 25 heavy (non-hydrogen) atoms. The Hall–Kier alpha value is -2.96. The van der Waals surface area contributed by atoms with Crippen molar-refractivity contribution in [2.45, 2.75) is 12.5 Å². The number of hydrazine groups is 1. The minimum absolute atomic E-state index is 0.104. The monoisotopic (exact) mass is 332 g/mol. The van der Waals surface area contributed by atoms with Crippen LogP contribution in [-0.4, -0.2) is 24.1 Å². The third-order valence-corrected chi connectivity index (χ3v) is 4.66. The van der Waals surface area contributed by atoms with Crippen LogP contribution in [0.5, 0.6) is 0 Å². The maximum atomic E-state index is 5.56. The first-order chi connectivity index (χ1) is 12.3. The lowest BCUT2D eigenvalue weighted by Crippen LogP contribution is -2.32. The number of aromatic nitrogens is 1. The number of benzene rings is 2. The van der Waals surface area contributed by atoms with Crippen LogP contribution in [0.2, 0.25) is 0 Å². The van der Waals surface area contributed by atoms with Crippen LogP contribution >= 0.6 is 0 Å². The average Bonchev–Trinajstić information content (AvgIpc) is 3.05. The van der Waals surface area contributed by atoms with E-state index in [0.717, 1.165) is 24.1 Å². The zero-order chi connectivity index (χ0) is 17.2. The fourth-order valence-electron chi connectivity index (χ4n) is 3.57. The van der Waals surface area contributed by atoms with Gasteiger partial charge in [-0.15, -0.1) is 5.10 Å². The molecular weight excluding hydrogens is 312 g/mol. The van der Waals surface area contributed by atoms with Crippen molar-refractivity contribution in [3.05, 3.63) is 70.9 Å². The molecule has 0 spiro atoms. The normalized spacial score (nSPS) is 17.3. The van der Waals surface area contributed by atoms with Crippen molar-refractivity contribution >= 4 is 23.5 Å². The summed E-state index contributed by atoms with van der Waals surface area (Å²) in [6.07, 6.45) is 1.02. The lowest BCUT2D eigenvalue weighted by molar-refractivity contribution is 0.560. The van der Waals surface area contributed by atoms with Gasteiger partial charge in [0.25, 0.3) is 0 Å². The highest BCUT2D eigenvalue weighted by molar-refractivity contribution is 5.98. The molecule has 0 amide bonds. The quantitative estimate of drug-likeness (QED) is 0.257. The van der Waals surface area contributed by atoms with Gasteiger partial charge in [-0.3, -0.25) is 0 Å². The Balaban J connectivity index is 1.79. The van der Waals surface area contributed by atoms with Crippen molar-refractivity contribution < 1.29 is 0 Å². The number of hydrogen-bond acceptors (Lipinski definition) is 4. The topological polar surface area (TPSA) is 90.6 Å². The Labute approximate surface area is 145 Å². The number of nitrogens with zero attached hydrogens (tertiary/aromatic N) is 2. The van der Waals surface area contributed by atoms with Gasteiger partial charge in [-0.25, -0.2) is 5.84 Å². The summed E-state index contributed by atoms with van der Waals surface area (Å²) < 4.78 is 0. The first kappa shape index (κ1) is 15.6. The van der Waals surface area contributed by atoms with Gasteiger partial charge in [-0.1, -0.05) is 36.4 Å².